The second-order valence-electron chi connectivity index (χ2n) is 3.72. The molecule has 0 unspecified atom stereocenters. The third kappa shape index (κ3) is 4.99. The number of nitrogens with one attached hydrogen (secondary N) is 1. The molecular formula is C14H21NO. The second-order valence-corrected chi connectivity index (χ2v) is 3.72. The highest BCUT2D eigenvalue weighted by Gasteiger charge is 1.96. The Hall–Kier alpha value is -1.28. The molecule has 0 aliphatic carbocycles. The highest BCUT2D eigenvalue weighted by molar-refractivity contribution is 5.15. The van der Waals surface area contributed by atoms with Crippen molar-refractivity contribution in [1.29, 1.82) is 0 Å². The minimum absolute atomic E-state index is 0.771. The largest absolute Gasteiger partial charge is 0.384 e. The fourth-order valence-electron chi connectivity index (χ4n) is 1.53. The van der Waals surface area contributed by atoms with E-state index >= 15 is 0 Å². The van der Waals surface area contributed by atoms with E-state index in [-0.39, 0.29) is 0 Å². The van der Waals surface area contributed by atoms with Crippen molar-refractivity contribution in [3.05, 3.63) is 47.7 Å². The lowest BCUT2D eigenvalue weighted by Crippen LogP contribution is -2.14. The van der Waals surface area contributed by atoms with Crippen LogP contribution in [-0.4, -0.2) is 13.7 Å². The molecule has 16 heavy (non-hydrogen) atoms. The van der Waals surface area contributed by atoms with Crippen LogP contribution in [0.25, 0.3) is 0 Å². The van der Waals surface area contributed by atoms with E-state index < -0.39 is 0 Å². The van der Waals surface area contributed by atoms with Crippen LogP contribution in [0.4, 0.5) is 0 Å². The van der Waals surface area contributed by atoms with Crippen molar-refractivity contribution in [1.82, 2.24) is 5.32 Å². The van der Waals surface area contributed by atoms with Gasteiger partial charge in [-0.15, -0.1) is 0 Å². The molecule has 0 atom stereocenters. The highest BCUT2D eigenvalue weighted by atomic mass is 16.5. The Morgan fingerprint density at radius 1 is 1.31 bits per heavy atom. The maximum absolute atomic E-state index is 5.09. The monoisotopic (exact) mass is 219 g/mol. The van der Waals surface area contributed by atoms with E-state index in [4.69, 9.17) is 4.74 Å². The number of benzene rings is 1. The van der Waals surface area contributed by atoms with Gasteiger partial charge in [0.2, 0.25) is 0 Å². The number of rotatable bonds is 7. The fraction of sp³-hybridized carbons (Fsp3) is 0.429. The third-order valence-corrected chi connectivity index (χ3v) is 2.39. The molecule has 0 bridgehead atoms. The van der Waals surface area contributed by atoms with Gasteiger partial charge in [-0.05, 0) is 12.0 Å². The van der Waals surface area contributed by atoms with Gasteiger partial charge >= 0.3 is 0 Å². The van der Waals surface area contributed by atoms with Gasteiger partial charge in [-0.3, -0.25) is 0 Å². The summed E-state index contributed by atoms with van der Waals surface area (Å²) in [6.07, 6.45) is 4.24. The highest BCUT2D eigenvalue weighted by Crippen LogP contribution is 2.03. The minimum atomic E-state index is 0.771. The summed E-state index contributed by atoms with van der Waals surface area (Å²) < 4.78 is 5.09. The van der Waals surface area contributed by atoms with Crippen LogP contribution in [0.15, 0.2) is 42.1 Å². The summed E-state index contributed by atoms with van der Waals surface area (Å²) >= 11 is 0. The number of ether oxygens (including phenoxy) is 1. The molecule has 1 aromatic rings. The van der Waals surface area contributed by atoms with Crippen LogP contribution in [0.2, 0.25) is 0 Å². The number of hydrogen-bond donors (Lipinski definition) is 1. The predicted molar refractivity (Wildman–Crippen MR) is 68.1 cm³/mol. The Morgan fingerprint density at radius 3 is 2.69 bits per heavy atom. The van der Waals surface area contributed by atoms with Gasteiger partial charge in [0.25, 0.3) is 0 Å². The summed E-state index contributed by atoms with van der Waals surface area (Å²) in [5.74, 6) is 0. The summed E-state index contributed by atoms with van der Waals surface area (Å²) in [7, 11) is 1.74. The number of allylic oxidation sites excluding steroid dienone is 1. The van der Waals surface area contributed by atoms with Crippen molar-refractivity contribution < 1.29 is 4.74 Å². The van der Waals surface area contributed by atoms with Crippen LogP contribution in [-0.2, 0) is 11.3 Å². The van der Waals surface area contributed by atoms with Gasteiger partial charge in [-0.25, -0.2) is 0 Å². The Kier molecular flexibility index (Phi) is 6.35. The van der Waals surface area contributed by atoms with Crippen LogP contribution in [0.3, 0.4) is 0 Å². The van der Waals surface area contributed by atoms with Crippen LogP contribution in [0.5, 0.6) is 0 Å². The van der Waals surface area contributed by atoms with Crippen molar-refractivity contribution in [3.63, 3.8) is 0 Å². The Bertz CT molecular complexity index is 306. The molecule has 88 valence electrons. The quantitative estimate of drug-likeness (QED) is 0.761. The second kappa shape index (κ2) is 7.94. The van der Waals surface area contributed by atoms with Gasteiger partial charge in [0, 0.05) is 25.8 Å². The molecule has 0 saturated carbocycles. The predicted octanol–water partition coefficient (Wildman–Crippen LogP) is 3.11. The molecular weight excluding hydrogens is 198 g/mol. The molecule has 0 aliphatic rings. The van der Waals surface area contributed by atoms with Gasteiger partial charge in [0.15, 0.2) is 0 Å². The molecule has 1 rings (SSSR count). The van der Waals surface area contributed by atoms with Gasteiger partial charge in [-0.1, -0.05) is 43.3 Å². The topological polar surface area (TPSA) is 21.3 Å². The lowest BCUT2D eigenvalue weighted by atomic mass is 10.2. The molecule has 2 nitrogen and oxygen atoms in total. The standard InChI is InChI=1S/C14H21NO/c1-3-7-14(10-11-16-2)15-12-13-8-5-4-6-9-13/h4-9,15H,3,10-12H2,1-2H3/b14-7-. The summed E-state index contributed by atoms with van der Waals surface area (Å²) in [6, 6.07) is 10.4. The lowest BCUT2D eigenvalue weighted by molar-refractivity contribution is 0.200. The fourth-order valence-corrected chi connectivity index (χ4v) is 1.53. The zero-order valence-corrected chi connectivity index (χ0v) is 10.2. The van der Waals surface area contributed by atoms with Crippen LogP contribution in [0.1, 0.15) is 25.3 Å². The molecule has 0 spiro atoms. The molecule has 0 radical (unpaired) electrons. The van der Waals surface area contributed by atoms with E-state index in [0.29, 0.717) is 0 Å². The first-order chi connectivity index (χ1) is 7.86. The van der Waals surface area contributed by atoms with E-state index in [1.165, 1.54) is 11.3 Å². The van der Waals surface area contributed by atoms with Crippen LogP contribution in [0, 0.1) is 0 Å². The smallest absolute Gasteiger partial charge is 0.0516 e. The average Bonchev–Trinajstić information content (AvgIpc) is 2.34. The summed E-state index contributed by atoms with van der Waals surface area (Å²) in [5, 5.41) is 3.45. The van der Waals surface area contributed by atoms with E-state index in [9.17, 15) is 0 Å². The zero-order valence-electron chi connectivity index (χ0n) is 10.2. The zero-order chi connectivity index (χ0) is 11.6. The van der Waals surface area contributed by atoms with Crippen molar-refractivity contribution in [3.8, 4) is 0 Å². The molecule has 2 heteroatoms. The maximum Gasteiger partial charge on any atom is 0.0516 e. The van der Waals surface area contributed by atoms with Gasteiger partial charge in [-0.2, -0.15) is 0 Å². The van der Waals surface area contributed by atoms with Crippen molar-refractivity contribution in [2.75, 3.05) is 13.7 Å². The van der Waals surface area contributed by atoms with E-state index in [0.717, 1.165) is 26.0 Å². The SMILES string of the molecule is CC/C=C(/CCOC)NCc1ccccc1. The Balaban J connectivity index is 2.41. The molecule has 0 saturated heterocycles. The van der Waals surface area contributed by atoms with E-state index in [2.05, 4.69) is 42.6 Å². The molecule has 0 heterocycles. The van der Waals surface area contributed by atoms with Gasteiger partial charge < -0.3 is 10.1 Å². The first kappa shape index (κ1) is 12.8. The first-order valence-electron chi connectivity index (χ1n) is 5.82. The van der Waals surface area contributed by atoms with Crippen LogP contribution >= 0.6 is 0 Å². The van der Waals surface area contributed by atoms with Crippen molar-refractivity contribution >= 4 is 0 Å². The summed E-state index contributed by atoms with van der Waals surface area (Å²) in [5.41, 5.74) is 2.58. The molecule has 0 aromatic heterocycles. The third-order valence-electron chi connectivity index (χ3n) is 2.39. The van der Waals surface area contributed by atoms with Crippen LogP contribution < -0.4 is 5.32 Å². The first-order valence-corrected chi connectivity index (χ1v) is 5.82. The molecule has 1 aromatic carbocycles. The summed E-state index contributed by atoms with van der Waals surface area (Å²) in [4.78, 5) is 0. The Labute approximate surface area is 98.3 Å². The Morgan fingerprint density at radius 2 is 2.06 bits per heavy atom. The van der Waals surface area contributed by atoms with E-state index in [1.54, 1.807) is 7.11 Å². The number of methoxy groups -OCH3 is 1. The maximum atomic E-state index is 5.09. The molecule has 0 aliphatic heterocycles. The van der Waals surface area contributed by atoms with Crippen molar-refractivity contribution in [2.24, 2.45) is 0 Å². The molecule has 0 fully saturated rings. The molecule has 1 N–H and O–H groups in total. The van der Waals surface area contributed by atoms with E-state index in [1.807, 2.05) is 6.07 Å². The minimum Gasteiger partial charge on any atom is -0.384 e. The lowest BCUT2D eigenvalue weighted by Gasteiger charge is -2.10. The van der Waals surface area contributed by atoms with Gasteiger partial charge in [0.1, 0.15) is 0 Å². The molecule has 0 amide bonds. The summed E-state index contributed by atoms with van der Waals surface area (Å²) in [6.45, 7) is 3.81. The van der Waals surface area contributed by atoms with Gasteiger partial charge in [0.05, 0.1) is 6.61 Å². The van der Waals surface area contributed by atoms with Crippen molar-refractivity contribution in [2.45, 2.75) is 26.3 Å². The number of hydrogen-bond acceptors (Lipinski definition) is 2. The average molecular weight is 219 g/mol. The normalized spacial score (nSPS) is 11.5.